The van der Waals surface area contributed by atoms with Crippen molar-refractivity contribution in [1.82, 2.24) is 14.9 Å². The fourth-order valence-corrected chi connectivity index (χ4v) is 4.92. The van der Waals surface area contributed by atoms with Gasteiger partial charge in [0.2, 0.25) is 0 Å². The molecular weight excluding hydrogens is 522 g/mol. The number of nitrogens with one attached hydrogen (secondary N) is 1. The van der Waals surface area contributed by atoms with Crippen molar-refractivity contribution >= 4 is 49.5 Å². The molecule has 0 spiro atoms. The second kappa shape index (κ2) is 9.66. The SMILES string of the molecule is Cc1ccc(Br)nc1C[C@H](N[S@@](=O)C(C)(C)C)c1ccccc1-c1noc2cc(Cl)ccc12. The number of pyridine rings is 1. The molecule has 0 saturated carbocycles. The average molecular weight is 547 g/mol. The fraction of sp³-hybridized carbons (Fsp3) is 0.280. The van der Waals surface area contributed by atoms with Gasteiger partial charge in [0, 0.05) is 34.2 Å². The van der Waals surface area contributed by atoms with Gasteiger partial charge in [0.15, 0.2) is 5.58 Å². The summed E-state index contributed by atoms with van der Waals surface area (Å²) in [4.78, 5) is 4.69. The molecule has 0 fully saturated rings. The van der Waals surface area contributed by atoms with Gasteiger partial charge in [-0.3, -0.25) is 0 Å². The summed E-state index contributed by atoms with van der Waals surface area (Å²) in [6, 6.07) is 17.2. The summed E-state index contributed by atoms with van der Waals surface area (Å²) in [6.45, 7) is 7.90. The molecule has 33 heavy (non-hydrogen) atoms. The van der Waals surface area contributed by atoms with E-state index in [0.717, 1.165) is 38.1 Å². The van der Waals surface area contributed by atoms with E-state index < -0.39 is 15.7 Å². The number of halogens is 2. The van der Waals surface area contributed by atoms with Crippen LogP contribution in [-0.2, 0) is 17.4 Å². The maximum absolute atomic E-state index is 13.2. The molecule has 0 saturated heterocycles. The van der Waals surface area contributed by atoms with Gasteiger partial charge in [-0.05, 0) is 73.0 Å². The van der Waals surface area contributed by atoms with Crippen LogP contribution in [0.2, 0.25) is 5.02 Å². The van der Waals surface area contributed by atoms with Crippen molar-refractivity contribution in [2.24, 2.45) is 0 Å². The molecule has 4 rings (SSSR count). The van der Waals surface area contributed by atoms with Gasteiger partial charge in [0.1, 0.15) is 10.3 Å². The molecule has 172 valence electrons. The normalized spacial score (nSPS) is 13.9. The Balaban J connectivity index is 1.83. The molecule has 1 N–H and O–H groups in total. The first-order valence-electron chi connectivity index (χ1n) is 10.6. The Morgan fingerprint density at radius 1 is 1.15 bits per heavy atom. The zero-order valence-corrected chi connectivity index (χ0v) is 22.0. The first-order chi connectivity index (χ1) is 15.6. The highest BCUT2D eigenvalue weighted by Crippen LogP contribution is 2.35. The van der Waals surface area contributed by atoms with Crippen LogP contribution < -0.4 is 4.72 Å². The van der Waals surface area contributed by atoms with Crippen molar-refractivity contribution in [2.45, 2.75) is 44.9 Å². The molecule has 2 atom stereocenters. The van der Waals surface area contributed by atoms with E-state index in [1.165, 1.54) is 0 Å². The highest BCUT2D eigenvalue weighted by Gasteiger charge is 2.27. The lowest BCUT2D eigenvalue weighted by atomic mass is 9.93. The van der Waals surface area contributed by atoms with Crippen molar-refractivity contribution in [3.63, 3.8) is 0 Å². The van der Waals surface area contributed by atoms with Gasteiger partial charge in [-0.2, -0.15) is 0 Å². The summed E-state index contributed by atoms with van der Waals surface area (Å²) in [5, 5.41) is 5.82. The molecule has 2 aromatic heterocycles. The molecule has 0 unspecified atom stereocenters. The molecule has 2 heterocycles. The number of hydrogen-bond acceptors (Lipinski definition) is 4. The van der Waals surface area contributed by atoms with Gasteiger partial charge in [-0.1, -0.05) is 47.1 Å². The average Bonchev–Trinajstić information content (AvgIpc) is 3.18. The quantitative estimate of drug-likeness (QED) is 0.266. The predicted octanol–water partition coefficient (Wildman–Crippen LogP) is 6.95. The van der Waals surface area contributed by atoms with Crippen LogP contribution >= 0.6 is 27.5 Å². The molecule has 5 nitrogen and oxygen atoms in total. The minimum absolute atomic E-state index is 0.263. The van der Waals surface area contributed by atoms with Crippen molar-refractivity contribution in [3.05, 3.63) is 81.0 Å². The van der Waals surface area contributed by atoms with Crippen LogP contribution in [0.4, 0.5) is 0 Å². The number of aromatic nitrogens is 2. The molecule has 0 radical (unpaired) electrons. The van der Waals surface area contributed by atoms with Gasteiger partial charge in [0.05, 0.1) is 21.8 Å². The monoisotopic (exact) mass is 545 g/mol. The zero-order valence-electron chi connectivity index (χ0n) is 18.9. The first-order valence-corrected chi connectivity index (χ1v) is 12.9. The van der Waals surface area contributed by atoms with E-state index in [1.54, 1.807) is 6.07 Å². The number of aryl methyl sites for hydroxylation is 1. The van der Waals surface area contributed by atoms with Gasteiger partial charge in [-0.15, -0.1) is 0 Å². The molecule has 4 aromatic rings. The van der Waals surface area contributed by atoms with Gasteiger partial charge < -0.3 is 4.52 Å². The third-order valence-corrected chi connectivity index (χ3v) is 7.68. The summed E-state index contributed by atoms with van der Waals surface area (Å²) in [5.74, 6) is 0. The van der Waals surface area contributed by atoms with E-state index >= 15 is 0 Å². The Bertz CT molecular complexity index is 1330. The standard InChI is InChI=1S/C25H25BrClN3O2S/c1-15-9-12-23(26)28-20(15)14-21(30-33(31)25(2,3)4)17-7-5-6-8-18(17)24-19-11-10-16(27)13-22(19)32-29-24/h5-13,21,30H,14H2,1-4H3/t21-,33-/m0/s1. The summed E-state index contributed by atoms with van der Waals surface area (Å²) >= 11 is 9.61. The number of benzene rings is 2. The Morgan fingerprint density at radius 3 is 2.67 bits per heavy atom. The molecule has 8 heteroatoms. The van der Waals surface area contributed by atoms with E-state index in [4.69, 9.17) is 16.1 Å². The summed E-state index contributed by atoms with van der Waals surface area (Å²) in [5.41, 5.74) is 5.24. The molecule has 2 aromatic carbocycles. The Morgan fingerprint density at radius 2 is 1.91 bits per heavy atom. The second-order valence-electron chi connectivity index (χ2n) is 8.91. The van der Waals surface area contributed by atoms with Gasteiger partial charge >= 0.3 is 0 Å². The third kappa shape index (κ3) is 5.38. The number of fused-ring (bicyclic) bond motifs is 1. The smallest absolute Gasteiger partial charge is 0.169 e. The lowest BCUT2D eigenvalue weighted by Gasteiger charge is -2.26. The summed E-state index contributed by atoms with van der Waals surface area (Å²) < 4.78 is 22.4. The Labute approximate surface area is 209 Å². The highest BCUT2D eigenvalue weighted by molar-refractivity contribution is 9.10. The molecular formula is C25H25BrClN3O2S. The maximum Gasteiger partial charge on any atom is 0.169 e. The van der Waals surface area contributed by atoms with Crippen LogP contribution in [0.5, 0.6) is 0 Å². The second-order valence-corrected chi connectivity index (χ2v) is 12.2. The van der Waals surface area contributed by atoms with Crippen LogP contribution in [0.25, 0.3) is 22.2 Å². The molecule has 0 aliphatic heterocycles. The largest absolute Gasteiger partial charge is 0.356 e. The maximum atomic E-state index is 13.2. The zero-order chi connectivity index (χ0) is 23.8. The van der Waals surface area contributed by atoms with Gasteiger partial charge in [0.25, 0.3) is 0 Å². The number of nitrogens with zero attached hydrogens (tertiary/aromatic N) is 2. The van der Waals surface area contributed by atoms with Crippen LogP contribution in [0.1, 0.15) is 43.6 Å². The first kappa shape index (κ1) is 24.1. The fourth-order valence-electron chi connectivity index (χ4n) is 3.59. The van der Waals surface area contributed by atoms with E-state index in [-0.39, 0.29) is 6.04 Å². The van der Waals surface area contributed by atoms with E-state index in [9.17, 15) is 4.21 Å². The third-order valence-electron chi connectivity index (χ3n) is 5.40. The Kier molecular flexibility index (Phi) is 7.05. The van der Waals surface area contributed by atoms with E-state index in [2.05, 4.69) is 30.8 Å². The molecule has 0 aliphatic carbocycles. The van der Waals surface area contributed by atoms with Crippen molar-refractivity contribution < 1.29 is 8.73 Å². The Hall–Kier alpha value is -2.06. The van der Waals surface area contributed by atoms with E-state index in [0.29, 0.717) is 17.0 Å². The summed E-state index contributed by atoms with van der Waals surface area (Å²) in [6.07, 6.45) is 0.561. The number of hydrogen-bond donors (Lipinski definition) is 1. The highest BCUT2D eigenvalue weighted by atomic mass is 79.9. The van der Waals surface area contributed by atoms with Gasteiger partial charge in [-0.25, -0.2) is 13.9 Å². The number of rotatable bonds is 6. The van der Waals surface area contributed by atoms with Crippen molar-refractivity contribution in [1.29, 1.82) is 0 Å². The van der Waals surface area contributed by atoms with Crippen molar-refractivity contribution in [3.8, 4) is 11.3 Å². The van der Waals surface area contributed by atoms with Crippen LogP contribution in [0, 0.1) is 6.92 Å². The topological polar surface area (TPSA) is 68.0 Å². The minimum Gasteiger partial charge on any atom is -0.356 e. The molecule has 0 amide bonds. The van der Waals surface area contributed by atoms with Crippen molar-refractivity contribution in [2.75, 3.05) is 0 Å². The van der Waals surface area contributed by atoms with Crippen LogP contribution in [0.15, 0.2) is 63.7 Å². The lowest BCUT2D eigenvalue weighted by molar-refractivity contribution is 0.459. The summed E-state index contributed by atoms with van der Waals surface area (Å²) in [7, 11) is -1.29. The molecule has 0 aliphatic rings. The molecule has 0 bridgehead atoms. The predicted molar refractivity (Wildman–Crippen MR) is 139 cm³/mol. The van der Waals surface area contributed by atoms with Crippen LogP contribution in [-0.4, -0.2) is 19.1 Å². The van der Waals surface area contributed by atoms with Crippen LogP contribution in [0.3, 0.4) is 0 Å². The minimum atomic E-state index is -1.29. The lowest BCUT2D eigenvalue weighted by Crippen LogP contribution is -2.37. The van der Waals surface area contributed by atoms with E-state index in [1.807, 2.05) is 76.2 Å².